The van der Waals surface area contributed by atoms with Gasteiger partial charge in [0.15, 0.2) is 0 Å². The second-order valence-electron chi connectivity index (χ2n) is 5.18. The van der Waals surface area contributed by atoms with Crippen molar-refractivity contribution in [2.75, 3.05) is 19.7 Å². The molecule has 0 aromatic heterocycles. The first-order chi connectivity index (χ1) is 9.67. The molecule has 1 fully saturated rings. The molecule has 1 N–H and O–H groups in total. The molecule has 1 atom stereocenters. The Labute approximate surface area is 121 Å². The molecule has 1 aliphatic rings. The third-order valence-electron chi connectivity index (χ3n) is 3.38. The molecule has 5 nitrogen and oxygen atoms in total. The monoisotopic (exact) mass is 282 g/mol. The van der Waals surface area contributed by atoms with E-state index in [4.69, 9.17) is 4.74 Å². The first kappa shape index (κ1) is 16.5. The fourth-order valence-electron chi connectivity index (χ4n) is 2.28. The lowest BCUT2D eigenvalue weighted by atomic mass is 10.1. The molecular formula is C15H26N2O3. The Morgan fingerprint density at radius 1 is 1.45 bits per heavy atom. The van der Waals surface area contributed by atoms with Crippen molar-refractivity contribution < 1.29 is 14.3 Å². The number of hydrogen-bond donors (Lipinski definition) is 1. The number of nitrogens with one attached hydrogen (secondary N) is 1. The van der Waals surface area contributed by atoms with Gasteiger partial charge in [0.1, 0.15) is 6.61 Å². The topological polar surface area (TPSA) is 58.6 Å². The Morgan fingerprint density at radius 2 is 2.25 bits per heavy atom. The minimum Gasteiger partial charge on any atom is -0.445 e. The minimum atomic E-state index is -0.320. The normalized spacial score (nSPS) is 19.1. The molecule has 0 spiro atoms. The van der Waals surface area contributed by atoms with Gasteiger partial charge in [-0.05, 0) is 25.7 Å². The molecule has 0 aromatic carbocycles. The van der Waals surface area contributed by atoms with Gasteiger partial charge in [0.25, 0.3) is 0 Å². The summed E-state index contributed by atoms with van der Waals surface area (Å²) < 4.78 is 5.06. The van der Waals surface area contributed by atoms with Crippen LogP contribution in [0.4, 0.5) is 4.79 Å². The SMILES string of the molecule is C=CCOC(=O)N1CCCCC(NC(=O)CCCC)C1. The van der Waals surface area contributed by atoms with Crippen LogP contribution in [0.25, 0.3) is 0 Å². The van der Waals surface area contributed by atoms with Crippen molar-refractivity contribution in [3.05, 3.63) is 12.7 Å². The molecule has 1 heterocycles. The second-order valence-corrected chi connectivity index (χ2v) is 5.18. The van der Waals surface area contributed by atoms with Gasteiger partial charge < -0.3 is 15.0 Å². The van der Waals surface area contributed by atoms with Gasteiger partial charge in [0.05, 0.1) is 0 Å². The zero-order valence-electron chi connectivity index (χ0n) is 12.4. The first-order valence-corrected chi connectivity index (χ1v) is 7.49. The maximum absolute atomic E-state index is 11.9. The number of likely N-dealkylation sites (tertiary alicyclic amines) is 1. The van der Waals surface area contributed by atoms with E-state index in [1.165, 1.54) is 0 Å². The second kappa shape index (κ2) is 9.39. The van der Waals surface area contributed by atoms with Crippen molar-refractivity contribution in [1.82, 2.24) is 10.2 Å². The van der Waals surface area contributed by atoms with E-state index in [1.807, 2.05) is 0 Å². The molecule has 0 bridgehead atoms. The van der Waals surface area contributed by atoms with Crippen LogP contribution in [0.2, 0.25) is 0 Å². The van der Waals surface area contributed by atoms with E-state index in [0.29, 0.717) is 19.5 Å². The van der Waals surface area contributed by atoms with Gasteiger partial charge >= 0.3 is 6.09 Å². The van der Waals surface area contributed by atoms with E-state index in [2.05, 4.69) is 18.8 Å². The van der Waals surface area contributed by atoms with Crippen LogP contribution in [0, 0.1) is 0 Å². The number of carbonyl (C=O) groups excluding carboxylic acids is 2. The average molecular weight is 282 g/mol. The Balaban J connectivity index is 2.44. The maximum atomic E-state index is 11.9. The summed E-state index contributed by atoms with van der Waals surface area (Å²) >= 11 is 0. The Hall–Kier alpha value is -1.52. The fraction of sp³-hybridized carbons (Fsp3) is 0.733. The molecule has 5 heteroatoms. The highest BCUT2D eigenvalue weighted by atomic mass is 16.6. The molecule has 1 rings (SSSR count). The Bertz CT molecular complexity index is 331. The van der Waals surface area contributed by atoms with Gasteiger partial charge in [-0.15, -0.1) is 0 Å². The number of nitrogens with zero attached hydrogens (tertiary/aromatic N) is 1. The molecule has 114 valence electrons. The zero-order chi connectivity index (χ0) is 14.8. The average Bonchev–Trinajstić information content (AvgIpc) is 2.68. The number of carbonyl (C=O) groups is 2. The van der Waals surface area contributed by atoms with Crippen molar-refractivity contribution >= 4 is 12.0 Å². The van der Waals surface area contributed by atoms with Crippen LogP contribution in [-0.2, 0) is 9.53 Å². The summed E-state index contributed by atoms with van der Waals surface area (Å²) in [5, 5.41) is 3.03. The molecule has 20 heavy (non-hydrogen) atoms. The van der Waals surface area contributed by atoms with E-state index in [9.17, 15) is 9.59 Å². The molecule has 1 aliphatic heterocycles. The molecule has 0 saturated carbocycles. The van der Waals surface area contributed by atoms with Crippen LogP contribution in [-0.4, -0.2) is 42.6 Å². The minimum absolute atomic E-state index is 0.0399. The molecule has 0 radical (unpaired) electrons. The lowest BCUT2D eigenvalue weighted by Crippen LogP contribution is -2.44. The molecule has 0 aliphatic carbocycles. The molecule has 2 amide bonds. The van der Waals surface area contributed by atoms with Crippen molar-refractivity contribution in [3.63, 3.8) is 0 Å². The van der Waals surface area contributed by atoms with Crippen molar-refractivity contribution in [2.45, 2.75) is 51.5 Å². The first-order valence-electron chi connectivity index (χ1n) is 7.49. The number of unbranched alkanes of at least 4 members (excludes halogenated alkanes) is 1. The predicted molar refractivity (Wildman–Crippen MR) is 78.4 cm³/mol. The summed E-state index contributed by atoms with van der Waals surface area (Å²) in [6, 6.07) is 0.0399. The zero-order valence-corrected chi connectivity index (χ0v) is 12.4. The van der Waals surface area contributed by atoms with E-state index in [0.717, 1.165) is 32.1 Å². The molecular weight excluding hydrogens is 256 g/mol. The smallest absolute Gasteiger partial charge is 0.410 e. The quantitative estimate of drug-likeness (QED) is 0.761. The Kier molecular flexibility index (Phi) is 7.77. The van der Waals surface area contributed by atoms with Gasteiger partial charge in [-0.25, -0.2) is 4.79 Å². The van der Waals surface area contributed by atoms with E-state index >= 15 is 0 Å². The summed E-state index contributed by atoms with van der Waals surface area (Å²) in [5.41, 5.74) is 0. The van der Waals surface area contributed by atoms with Crippen LogP contribution in [0.15, 0.2) is 12.7 Å². The van der Waals surface area contributed by atoms with Gasteiger partial charge in [-0.2, -0.15) is 0 Å². The Morgan fingerprint density at radius 3 is 2.95 bits per heavy atom. The van der Waals surface area contributed by atoms with Gasteiger partial charge in [0, 0.05) is 25.6 Å². The largest absolute Gasteiger partial charge is 0.445 e. The van der Waals surface area contributed by atoms with E-state index < -0.39 is 0 Å². The van der Waals surface area contributed by atoms with E-state index in [1.54, 1.807) is 11.0 Å². The van der Waals surface area contributed by atoms with Crippen LogP contribution in [0.3, 0.4) is 0 Å². The highest BCUT2D eigenvalue weighted by molar-refractivity contribution is 5.76. The fourth-order valence-corrected chi connectivity index (χ4v) is 2.28. The van der Waals surface area contributed by atoms with Gasteiger partial charge in [-0.3, -0.25) is 4.79 Å². The summed E-state index contributed by atoms with van der Waals surface area (Å²) in [6.07, 6.45) is 6.60. The van der Waals surface area contributed by atoms with Crippen molar-refractivity contribution in [3.8, 4) is 0 Å². The van der Waals surface area contributed by atoms with Gasteiger partial charge in [-0.1, -0.05) is 26.0 Å². The lowest BCUT2D eigenvalue weighted by molar-refractivity contribution is -0.122. The lowest BCUT2D eigenvalue weighted by Gasteiger charge is -2.24. The van der Waals surface area contributed by atoms with Crippen LogP contribution >= 0.6 is 0 Å². The van der Waals surface area contributed by atoms with Crippen LogP contribution in [0.5, 0.6) is 0 Å². The number of rotatable bonds is 6. The van der Waals surface area contributed by atoms with Gasteiger partial charge in [0.2, 0.25) is 5.91 Å². The van der Waals surface area contributed by atoms with Crippen LogP contribution in [0.1, 0.15) is 45.4 Å². The highest BCUT2D eigenvalue weighted by Crippen LogP contribution is 2.12. The predicted octanol–water partition coefficient (Wildman–Crippen LogP) is 2.47. The maximum Gasteiger partial charge on any atom is 0.410 e. The highest BCUT2D eigenvalue weighted by Gasteiger charge is 2.23. The molecule has 1 saturated heterocycles. The third kappa shape index (κ3) is 6.08. The van der Waals surface area contributed by atoms with Crippen molar-refractivity contribution in [1.29, 1.82) is 0 Å². The summed E-state index contributed by atoms with van der Waals surface area (Å²) in [6.45, 7) is 7.04. The number of hydrogen-bond acceptors (Lipinski definition) is 3. The van der Waals surface area contributed by atoms with Crippen molar-refractivity contribution in [2.24, 2.45) is 0 Å². The summed E-state index contributed by atoms with van der Waals surface area (Å²) in [7, 11) is 0. The van der Waals surface area contributed by atoms with E-state index in [-0.39, 0.29) is 24.6 Å². The molecule has 1 unspecified atom stereocenters. The summed E-state index contributed by atoms with van der Waals surface area (Å²) in [5.74, 6) is 0.0816. The number of ether oxygens (including phenoxy) is 1. The molecule has 0 aromatic rings. The standard InChI is InChI=1S/C15H26N2O3/c1-3-5-9-14(18)16-13-8-6-7-10-17(12-13)15(19)20-11-4-2/h4,13H,2-3,5-12H2,1H3,(H,16,18). The number of amides is 2. The van der Waals surface area contributed by atoms with Crippen LogP contribution < -0.4 is 5.32 Å². The third-order valence-corrected chi connectivity index (χ3v) is 3.38. The summed E-state index contributed by atoms with van der Waals surface area (Å²) in [4.78, 5) is 25.3.